The smallest absolute Gasteiger partial charge is 0.301 e. The SMILES string of the molecule is COc1ccc(-c2nn(-c3ccc([N+](=O)[O-])cc3[N+](=O)[O-])cc2C=NNC(N)=S)cc1. The lowest BCUT2D eigenvalue weighted by Crippen LogP contribution is -2.24. The molecule has 0 aliphatic rings. The van der Waals surface area contributed by atoms with Crippen LogP contribution in [-0.4, -0.2) is 38.1 Å². The van der Waals surface area contributed by atoms with Gasteiger partial charge in [0.05, 0.1) is 29.2 Å². The first-order valence-electron chi connectivity index (χ1n) is 8.56. The predicted octanol–water partition coefficient (Wildman–Crippen LogP) is 2.53. The maximum absolute atomic E-state index is 11.5. The lowest BCUT2D eigenvalue weighted by atomic mass is 10.1. The largest absolute Gasteiger partial charge is 0.497 e. The average molecular weight is 441 g/mol. The van der Waals surface area contributed by atoms with Gasteiger partial charge in [-0.15, -0.1) is 0 Å². The number of benzene rings is 2. The number of nitro groups is 2. The summed E-state index contributed by atoms with van der Waals surface area (Å²) in [6.07, 6.45) is 2.90. The third-order valence-corrected chi connectivity index (χ3v) is 4.19. The maximum atomic E-state index is 11.5. The number of nitrogens with one attached hydrogen (secondary N) is 1. The second-order valence-corrected chi connectivity index (χ2v) is 6.47. The van der Waals surface area contributed by atoms with Crippen LogP contribution in [0.25, 0.3) is 16.9 Å². The molecule has 0 saturated heterocycles. The van der Waals surface area contributed by atoms with E-state index in [0.29, 0.717) is 22.6 Å². The number of hydrazone groups is 1. The molecule has 0 amide bonds. The molecule has 3 rings (SSSR count). The fourth-order valence-electron chi connectivity index (χ4n) is 2.71. The Morgan fingerprint density at radius 2 is 1.94 bits per heavy atom. The Labute approximate surface area is 180 Å². The van der Waals surface area contributed by atoms with Crippen LogP contribution in [-0.2, 0) is 0 Å². The van der Waals surface area contributed by atoms with Gasteiger partial charge < -0.3 is 10.5 Å². The van der Waals surface area contributed by atoms with Crippen LogP contribution in [0.15, 0.2) is 53.8 Å². The summed E-state index contributed by atoms with van der Waals surface area (Å²) < 4.78 is 6.41. The van der Waals surface area contributed by atoms with Gasteiger partial charge in [0.15, 0.2) is 5.11 Å². The number of nitro benzene ring substituents is 2. The zero-order valence-electron chi connectivity index (χ0n) is 16.0. The molecule has 13 heteroatoms. The normalized spacial score (nSPS) is 10.7. The molecule has 1 aromatic heterocycles. The third kappa shape index (κ3) is 4.79. The summed E-state index contributed by atoms with van der Waals surface area (Å²) in [5.74, 6) is 0.638. The highest BCUT2D eigenvalue weighted by Gasteiger charge is 2.22. The van der Waals surface area contributed by atoms with Gasteiger partial charge >= 0.3 is 5.69 Å². The summed E-state index contributed by atoms with van der Waals surface area (Å²) in [4.78, 5) is 21.1. The molecule has 2 aromatic carbocycles. The Kier molecular flexibility index (Phi) is 6.16. The van der Waals surface area contributed by atoms with Gasteiger partial charge in [-0.1, -0.05) is 0 Å². The van der Waals surface area contributed by atoms with Crippen LogP contribution in [0.3, 0.4) is 0 Å². The number of ether oxygens (including phenoxy) is 1. The minimum absolute atomic E-state index is 0.0411. The molecule has 0 aliphatic carbocycles. The van der Waals surface area contributed by atoms with E-state index in [1.165, 1.54) is 36.3 Å². The summed E-state index contributed by atoms with van der Waals surface area (Å²) in [7, 11) is 1.54. The Hall–Kier alpha value is -4.39. The number of thiocarbonyl (C=S) groups is 1. The van der Waals surface area contributed by atoms with Crippen LogP contribution in [0.4, 0.5) is 11.4 Å². The molecule has 1 heterocycles. The average Bonchev–Trinajstić information content (AvgIpc) is 3.17. The molecule has 3 N–H and O–H groups in total. The van der Waals surface area contributed by atoms with Crippen molar-refractivity contribution in [2.75, 3.05) is 7.11 Å². The van der Waals surface area contributed by atoms with E-state index >= 15 is 0 Å². The lowest BCUT2D eigenvalue weighted by molar-refractivity contribution is -0.394. The number of nitrogens with zero attached hydrogens (tertiary/aromatic N) is 5. The summed E-state index contributed by atoms with van der Waals surface area (Å²) in [6, 6.07) is 10.3. The molecule has 0 spiro atoms. The van der Waals surface area contributed by atoms with Gasteiger partial charge in [-0.2, -0.15) is 10.2 Å². The molecule has 3 aromatic rings. The second-order valence-electron chi connectivity index (χ2n) is 6.03. The van der Waals surface area contributed by atoms with Crippen LogP contribution in [0.2, 0.25) is 0 Å². The Bertz CT molecular complexity index is 1190. The van der Waals surface area contributed by atoms with E-state index in [4.69, 9.17) is 22.7 Å². The minimum Gasteiger partial charge on any atom is -0.497 e. The molecule has 0 unspecified atom stereocenters. The van der Waals surface area contributed by atoms with Gasteiger partial charge in [0.25, 0.3) is 5.69 Å². The topological polar surface area (TPSA) is 164 Å². The zero-order chi connectivity index (χ0) is 22.5. The van der Waals surface area contributed by atoms with Crippen molar-refractivity contribution in [1.82, 2.24) is 15.2 Å². The van der Waals surface area contributed by atoms with Crippen molar-refractivity contribution < 1.29 is 14.6 Å². The summed E-state index contributed by atoms with van der Waals surface area (Å²) in [5.41, 5.74) is 8.59. The first kappa shape index (κ1) is 21.3. The van der Waals surface area contributed by atoms with Gasteiger partial charge in [0.2, 0.25) is 0 Å². The quantitative estimate of drug-likeness (QED) is 0.243. The highest BCUT2D eigenvalue weighted by molar-refractivity contribution is 7.80. The molecule has 0 aliphatic heterocycles. The van der Waals surface area contributed by atoms with E-state index in [1.54, 1.807) is 24.3 Å². The van der Waals surface area contributed by atoms with Crippen LogP contribution < -0.4 is 15.9 Å². The molecule has 12 nitrogen and oxygen atoms in total. The summed E-state index contributed by atoms with van der Waals surface area (Å²) in [6.45, 7) is 0. The number of methoxy groups -OCH3 is 1. The summed E-state index contributed by atoms with van der Waals surface area (Å²) >= 11 is 4.71. The van der Waals surface area contributed by atoms with E-state index in [2.05, 4.69) is 15.6 Å². The van der Waals surface area contributed by atoms with Crippen LogP contribution in [0.5, 0.6) is 5.75 Å². The van der Waals surface area contributed by atoms with E-state index in [1.807, 2.05) is 0 Å². The van der Waals surface area contributed by atoms with Gasteiger partial charge in [0.1, 0.15) is 17.1 Å². The monoisotopic (exact) mass is 441 g/mol. The molecule has 158 valence electrons. The lowest BCUT2D eigenvalue weighted by Gasteiger charge is -2.03. The molecule has 0 radical (unpaired) electrons. The van der Waals surface area contributed by atoms with Gasteiger partial charge in [0, 0.05) is 23.4 Å². The van der Waals surface area contributed by atoms with Crippen molar-refractivity contribution >= 4 is 34.9 Å². The number of nitrogens with two attached hydrogens (primary N) is 1. The van der Waals surface area contributed by atoms with Crippen molar-refractivity contribution in [3.05, 3.63) is 74.5 Å². The van der Waals surface area contributed by atoms with E-state index < -0.39 is 21.2 Å². The van der Waals surface area contributed by atoms with Crippen LogP contribution in [0, 0.1) is 20.2 Å². The molecular weight excluding hydrogens is 426 g/mol. The van der Waals surface area contributed by atoms with Crippen molar-refractivity contribution in [1.29, 1.82) is 0 Å². The Balaban J connectivity index is 2.14. The Morgan fingerprint density at radius 1 is 1.23 bits per heavy atom. The van der Waals surface area contributed by atoms with E-state index in [9.17, 15) is 20.2 Å². The first-order chi connectivity index (χ1) is 14.8. The second kappa shape index (κ2) is 8.96. The number of non-ortho nitro benzene ring substituents is 1. The van der Waals surface area contributed by atoms with Crippen molar-refractivity contribution in [3.63, 3.8) is 0 Å². The fourth-order valence-corrected chi connectivity index (χ4v) is 2.76. The van der Waals surface area contributed by atoms with Crippen LogP contribution >= 0.6 is 12.2 Å². The standard InChI is InChI=1S/C18H15N7O5S/c1-30-14-5-2-11(3-6-14)17-12(9-20-21-18(19)31)10-23(22-17)15-7-4-13(24(26)27)8-16(15)25(28)29/h2-10H,1H3,(H3,19,21,31). The highest BCUT2D eigenvalue weighted by atomic mass is 32.1. The fraction of sp³-hybridized carbons (Fsp3) is 0.0556. The maximum Gasteiger partial charge on any atom is 0.301 e. The molecule has 0 bridgehead atoms. The minimum atomic E-state index is -0.709. The number of aromatic nitrogens is 2. The van der Waals surface area contributed by atoms with Crippen molar-refractivity contribution in [3.8, 4) is 22.7 Å². The summed E-state index contributed by atoms with van der Waals surface area (Å²) in [5, 5.41) is 30.8. The number of hydrogen-bond donors (Lipinski definition) is 2. The van der Waals surface area contributed by atoms with Crippen molar-refractivity contribution in [2.24, 2.45) is 10.8 Å². The van der Waals surface area contributed by atoms with Gasteiger partial charge in [-0.3, -0.25) is 25.7 Å². The third-order valence-electron chi connectivity index (χ3n) is 4.10. The van der Waals surface area contributed by atoms with Gasteiger partial charge in [-0.05, 0) is 42.5 Å². The zero-order valence-corrected chi connectivity index (χ0v) is 16.8. The molecule has 0 saturated carbocycles. The van der Waals surface area contributed by atoms with Crippen LogP contribution in [0.1, 0.15) is 5.56 Å². The first-order valence-corrected chi connectivity index (χ1v) is 8.96. The van der Waals surface area contributed by atoms with E-state index in [0.717, 1.165) is 6.07 Å². The number of hydrogen-bond acceptors (Lipinski definition) is 8. The number of rotatable bonds is 7. The predicted molar refractivity (Wildman–Crippen MR) is 116 cm³/mol. The molecule has 31 heavy (non-hydrogen) atoms. The van der Waals surface area contributed by atoms with E-state index in [-0.39, 0.29) is 10.8 Å². The molecule has 0 atom stereocenters. The molecule has 0 fully saturated rings. The van der Waals surface area contributed by atoms with Gasteiger partial charge in [-0.25, -0.2) is 4.68 Å². The van der Waals surface area contributed by atoms with Crippen molar-refractivity contribution in [2.45, 2.75) is 0 Å². The Morgan fingerprint density at radius 3 is 2.52 bits per heavy atom. The molecular formula is C18H15N7O5S. The highest BCUT2D eigenvalue weighted by Crippen LogP contribution is 2.30.